The average Bonchev–Trinajstić information content (AvgIpc) is 2.03. The van der Waals surface area contributed by atoms with Gasteiger partial charge in [-0.05, 0) is 12.8 Å². The van der Waals surface area contributed by atoms with Crippen molar-refractivity contribution in [2.45, 2.75) is 44.9 Å². The molecule has 2 heteroatoms. The van der Waals surface area contributed by atoms with Crippen LogP contribution in [0.25, 0.3) is 0 Å². The zero-order valence-electron chi connectivity index (χ0n) is 6.84. The van der Waals surface area contributed by atoms with Crippen LogP contribution >= 0.6 is 0 Å². The molecule has 0 aromatic heterocycles. The molecule has 60 valence electrons. The van der Waals surface area contributed by atoms with Gasteiger partial charge in [-0.1, -0.05) is 19.3 Å². The van der Waals surface area contributed by atoms with Gasteiger partial charge < -0.3 is 0 Å². The van der Waals surface area contributed by atoms with Crippen LogP contribution in [0.3, 0.4) is 0 Å². The highest BCUT2D eigenvalue weighted by Gasteiger charge is 1.89. The topological polar surface area (TPSA) is 47.6 Å². The monoisotopic (exact) mass is 149 g/mol. The summed E-state index contributed by atoms with van der Waals surface area (Å²) in [5, 5.41) is 16.4. The molecule has 11 heavy (non-hydrogen) atoms. The predicted molar refractivity (Wildman–Crippen MR) is 43.5 cm³/mol. The van der Waals surface area contributed by atoms with Gasteiger partial charge in [-0.15, -0.1) is 0 Å². The summed E-state index contributed by atoms with van der Waals surface area (Å²) in [5.41, 5.74) is 0. The van der Waals surface area contributed by atoms with E-state index in [-0.39, 0.29) is 0 Å². The Balaban J connectivity index is 2.82. The summed E-state index contributed by atoms with van der Waals surface area (Å²) in [4.78, 5) is 0. The third-order valence-corrected chi connectivity index (χ3v) is 1.58. The first kappa shape index (κ1) is 9.98. The van der Waals surface area contributed by atoms with Crippen LogP contribution in [0.5, 0.6) is 0 Å². The lowest BCUT2D eigenvalue weighted by molar-refractivity contribution is 0.626. The van der Waals surface area contributed by atoms with E-state index in [2.05, 4.69) is 12.1 Å². The van der Waals surface area contributed by atoms with Gasteiger partial charge in [0.2, 0.25) is 0 Å². The Labute approximate surface area is 68.4 Å². The van der Waals surface area contributed by atoms with Gasteiger partial charge in [-0.25, -0.2) is 0 Å². The van der Waals surface area contributed by atoms with E-state index in [4.69, 9.17) is 10.5 Å². The standard InChI is InChI=1S/C9H14N2/c10-8-6-4-2-1-3-5-7-9-11/h1-7H2/i8-1. The lowest BCUT2D eigenvalue weighted by atomic mass is 10.0. The normalized spacial score (nSPS) is 8.55. The average molecular weight is 149 g/mol. The quantitative estimate of drug-likeness (QED) is 0.545. The van der Waals surface area contributed by atoms with Crippen LogP contribution in [0.15, 0.2) is 0 Å². The van der Waals surface area contributed by atoms with Gasteiger partial charge in [0.05, 0.1) is 12.1 Å². The van der Waals surface area contributed by atoms with E-state index in [1.165, 1.54) is 6.42 Å². The second-order valence-corrected chi connectivity index (χ2v) is 2.58. The summed E-state index contributed by atoms with van der Waals surface area (Å²) in [7, 11) is 0. The smallest absolute Gasteiger partial charge is 0.0621 e. The number of unbranched alkanes of at least 4 members (excludes halogenated alkanes) is 6. The Hall–Kier alpha value is -1.02. The molecule has 0 aliphatic rings. The van der Waals surface area contributed by atoms with Gasteiger partial charge in [0.15, 0.2) is 0 Å². The Kier molecular flexibility index (Phi) is 8.15. The van der Waals surface area contributed by atoms with E-state index in [1.807, 2.05) is 0 Å². The highest BCUT2D eigenvalue weighted by Crippen LogP contribution is 2.05. The van der Waals surface area contributed by atoms with Crippen molar-refractivity contribution in [1.82, 2.24) is 0 Å². The number of hydrogen-bond donors (Lipinski definition) is 0. The molecule has 0 saturated heterocycles. The summed E-state index contributed by atoms with van der Waals surface area (Å²) in [6.45, 7) is 0. The predicted octanol–water partition coefficient (Wildman–Crippen LogP) is 2.76. The van der Waals surface area contributed by atoms with Gasteiger partial charge in [0.1, 0.15) is 0 Å². The minimum atomic E-state index is 0.679. The Morgan fingerprint density at radius 1 is 0.636 bits per heavy atom. The summed E-state index contributed by atoms with van der Waals surface area (Å²) in [5.74, 6) is 0. The lowest BCUT2D eigenvalue weighted by Gasteiger charge is -1.94. The van der Waals surface area contributed by atoms with Crippen molar-refractivity contribution in [2.75, 3.05) is 0 Å². The third kappa shape index (κ3) is 8.98. The summed E-state index contributed by atoms with van der Waals surface area (Å²) < 4.78 is 0. The highest BCUT2D eigenvalue weighted by molar-refractivity contribution is 4.69. The molecule has 0 aliphatic carbocycles. The maximum Gasteiger partial charge on any atom is 0.0621 e. The fraction of sp³-hybridized carbons (Fsp3) is 0.778. The number of hydrogen-bond acceptors (Lipinski definition) is 2. The molecular formula is C9H14N2. The number of rotatable bonds is 6. The SMILES string of the molecule is N#CCCCCCCC[11C]#N. The van der Waals surface area contributed by atoms with E-state index in [0.717, 1.165) is 25.7 Å². The molecule has 0 unspecified atom stereocenters. The van der Waals surface area contributed by atoms with Crippen LogP contribution in [0.1, 0.15) is 44.9 Å². The minimum Gasteiger partial charge on any atom is -0.198 e. The molecular weight excluding hydrogens is 135 g/mol. The molecule has 0 atom stereocenters. The number of nitrogens with zero attached hydrogens (tertiary/aromatic N) is 2. The largest absolute Gasteiger partial charge is 0.198 e. The van der Waals surface area contributed by atoms with Crippen molar-refractivity contribution in [3.05, 3.63) is 0 Å². The molecule has 0 N–H and O–H groups in total. The maximum absolute atomic E-state index is 8.21. The second-order valence-electron chi connectivity index (χ2n) is 2.58. The lowest BCUT2D eigenvalue weighted by Crippen LogP contribution is -1.77. The van der Waals surface area contributed by atoms with Crippen LogP contribution < -0.4 is 0 Å². The highest BCUT2D eigenvalue weighted by atomic mass is 14.2. The van der Waals surface area contributed by atoms with Crippen molar-refractivity contribution in [3.63, 3.8) is 0 Å². The van der Waals surface area contributed by atoms with Gasteiger partial charge in [-0.3, -0.25) is 0 Å². The summed E-state index contributed by atoms with van der Waals surface area (Å²) in [6.07, 6.45) is 6.84. The molecule has 0 aromatic rings. The first-order chi connectivity index (χ1) is 5.41. The van der Waals surface area contributed by atoms with E-state index in [1.54, 1.807) is 0 Å². The molecule has 0 amide bonds. The first-order valence-electron chi connectivity index (χ1n) is 4.15. The molecule has 0 saturated carbocycles. The van der Waals surface area contributed by atoms with Crippen molar-refractivity contribution in [3.8, 4) is 12.1 Å². The molecule has 0 heterocycles. The molecule has 0 fully saturated rings. The molecule has 0 bridgehead atoms. The zero-order chi connectivity index (χ0) is 8.36. The first-order valence-corrected chi connectivity index (χ1v) is 4.15. The van der Waals surface area contributed by atoms with E-state index in [9.17, 15) is 0 Å². The van der Waals surface area contributed by atoms with Gasteiger partial charge in [0, 0.05) is 12.8 Å². The van der Waals surface area contributed by atoms with Crippen LogP contribution in [-0.4, -0.2) is 0 Å². The number of nitriles is 2. The summed E-state index contributed by atoms with van der Waals surface area (Å²) >= 11 is 0. The van der Waals surface area contributed by atoms with Crippen molar-refractivity contribution >= 4 is 0 Å². The maximum atomic E-state index is 8.21. The van der Waals surface area contributed by atoms with E-state index < -0.39 is 0 Å². The second kappa shape index (κ2) is 8.98. The minimum absolute atomic E-state index is 0.679. The fourth-order valence-electron chi connectivity index (χ4n) is 0.938. The van der Waals surface area contributed by atoms with Gasteiger partial charge in [0.25, 0.3) is 0 Å². The molecule has 0 spiro atoms. The fourth-order valence-corrected chi connectivity index (χ4v) is 0.938. The van der Waals surface area contributed by atoms with Crippen LogP contribution in [0.4, 0.5) is 0 Å². The van der Waals surface area contributed by atoms with Crippen molar-refractivity contribution < 1.29 is 0 Å². The Morgan fingerprint density at radius 2 is 1.00 bits per heavy atom. The molecule has 0 aromatic carbocycles. The Bertz CT molecular complexity index is 132. The third-order valence-electron chi connectivity index (χ3n) is 1.58. The van der Waals surface area contributed by atoms with Gasteiger partial charge >= 0.3 is 0 Å². The van der Waals surface area contributed by atoms with Crippen molar-refractivity contribution in [1.29, 1.82) is 10.5 Å². The molecule has 2 nitrogen and oxygen atoms in total. The molecule has 0 radical (unpaired) electrons. The molecule has 0 rings (SSSR count). The van der Waals surface area contributed by atoms with Gasteiger partial charge in [-0.2, -0.15) is 10.5 Å². The molecule has 0 aliphatic heterocycles. The zero-order valence-corrected chi connectivity index (χ0v) is 6.84. The van der Waals surface area contributed by atoms with Crippen molar-refractivity contribution in [2.24, 2.45) is 0 Å². The summed E-state index contributed by atoms with van der Waals surface area (Å²) in [6, 6.07) is 4.23. The Morgan fingerprint density at radius 3 is 1.36 bits per heavy atom. The van der Waals surface area contributed by atoms with Crippen LogP contribution in [-0.2, 0) is 0 Å². The van der Waals surface area contributed by atoms with E-state index >= 15 is 0 Å². The van der Waals surface area contributed by atoms with E-state index in [0.29, 0.717) is 12.8 Å². The van der Waals surface area contributed by atoms with Crippen LogP contribution in [0, 0.1) is 22.7 Å². The van der Waals surface area contributed by atoms with Crippen LogP contribution in [0.2, 0.25) is 0 Å².